The number of benzene rings is 4. The van der Waals surface area contributed by atoms with E-state index in [1.54, 1.807) is 0 Å². The number of hydrogen-bond donors (Lipinski definition) is 2. The average Bonchev–Trinajstić information content (AvgIpc) is 4.54. The fourth-order valence-corrected chi connectivity index (χ4v) is 11.3. The maximum absolute atomic E-state index is 6.34. The van der Waals surface area contributed by atoms with Crippen LogP contribution < -0.4 is 29.6 Å². The lowest BCUT2D eigenvalue weighted by Gasteiger charge is -2.12. The van der Waals surface area contributed by atoms with Crippen LogP contribution in [0.1, 0.15) is 215 Å². The van der Waals surface area contributed by atoms with Gasteiger partial charge in [-0.1, -0.05) is 217 Å². The molecule has 0 unspecified atom stereocenters. The van der Waals surface area contributed by atoms with Crippen molar-refractivity contribution in [2.24, 2.45) is 9.98 Å². The summed E-state index contributed by atoms with van der Waals surface area (Å²) in [4.78, 5) is 18.2. The molecule has 0 radical (unpaired) electrons. The van der Waals surface area contributed by atoms with Crippen molar-refractivity contribution in [1.29, 1.82) is 0 Å². The molecular weight excluding hydrogens is 1040 g/mol. The molecule has 0 aliphatic carbocycles. The van der Waals surface area contributed by atoms with Gasteiger partial charge in [-0.2, -0.15) is 0 Å². The average molecular weight is 1140 g/mol. The van der Waals surface area contributed by atoms with Gasteiger partial charge in [-0.3, -0.25) is 4.99 Å². The number of aliphatic imine (C=N–C) groups is 2. The predicted octanol–water partition coefficient (Wildman–Crippen LogP) is 19.2. The van der Waals surface area contributed by atoms with Crippen LogP contribution in [0.2, 0.25) is 0 Å². The van der Waals surface area contributed by atoms with Crippen LogP contribution in [0.5, 0.6) is 23.0 Å². The van der Waals surface area contributed by atoms with Crippen LogP contribution in [-0.4, -0.2) is 54.4 Å². The molecule has 0 saturated carbocycles. The van der Waals surface area contributed by atoms with Crippen molar-refractivity contribution in [3.8, 4) is 23.0 Å². The Balaban J connectivity index is 1.13. The monoisotopic (exact) mass is 1140 g/mol. The van der Waals surface area contributed by atoms with Gasteiger partial charge in [0.25, 0.3) is 0 Å². The molecule has 4 heterocycles. The topological polar surface area (TPSA) is 93.2 Å². The first-order valence-electron chi connectivity index (χ1n) is 32.9. The maximum atomic E-state index is 6.34. The van der Waals surface area contributed by atoms with Gasteiger partial charge in [-0.25, -0.2) is 4.99 Å². The summed E-state index contributed by atoms with van der Waals surface area (Å²) in [5.74, 6) is 3.52. The van der Waals surface area contributed by atoms with E-state index in [2.05, 4.69) is 190 Å². The van der Waals surface area contributed by atoms with Gasteiger partial charge < -0.3 is 28.9 Å². The molecule has 0 saturated heterocycles. The fraction of sp³-hybridized carbons (Fsp3) is 0.429. The Morgan fingerprint density at radius 3 is 1.14 bits per heavy atom. The lowest BCUT2D eigenvalue weighted by Crippen LogP contribution is -2.19. The summed E-state index contributed by atoms with van der Waals surface area (Å²) in [6, 6.07) is 42.7. The molecule has 2 N–H and O–H groups in total. The van der Waals surface area contributed by atoms with E-state index >= 15 is 0 Å². The number of nitrogens with zero attached hydrogens (tertiary/aromatic N) is 2. The Morgan fingerprint density at radius 1 is 0.365 bits per heavy atom. The second-order valence-corrected chi connectivity index (χ2v) is 23.1. The molecule has 0 spiro atoms. The smallest absolute Gasteiger partial charge is 0.119 e. The number of unbranched alkanes of at least 4 members (excludes halogenated alkanes) is 20. The molecular formula is C77H98N4O4. The molecule has 4 aromatic carbocycles. The third-order valence-corrected chi connectivity index (χ3v) is 16.3. The highest BCUT2D eigenvalue weighted by atomic mass is 16.5. The van der Waals surface area contributed by atoms with E-state index in [0.717, 1.165) is 146 Å². The summed E-state index contributed by atoms with van der Waals surface area (Å²) in [6.45, 7) is 17.2. The molecule has 0 bridgehead atoms. The highest BCUT2D eigenvalue weighted by molar-refractivity contribution is 6.30. The third kappa shape index (κ3) is 19.9. The van der Waals surface area contributed by atoms with Gasteiger partial charge in [-0.05, 0) is 139 Å². The Bertz CT molecular complexity index is 3240. The number of rotatable bonds is 40. The van der Waals surface area contributed by atoms with Gasteiger partial charge in [0.2, 0.25) is 0 Å². The van der Waals surface area contributed by atoms with Crippen LogP contribution in [0.3, 0.4) is 0 Å². The first-order chi connectivity index (χ1) is 42.0. The lowest BCUT2D eigenvalue weighted by molar-refractivity contribution is 0.304. The van der Waals surface area contributed by atoms with Crippen molar-refractivity contribution in [2.45, 2.75) is 182 Å². The van der Waals surface area contributed by atoms with Gasteiger partial charge in [0.05, 0.1) is 50.1 Å². The van der Waals surface area contributed by atoms with E-state index in [-0.39, 0.29) is 0 Å². The number of aromatic amines is 2. The minimum absolute atomic E-state index is 0.658. The summed E-state index contributed by atoms with van der Waals surface area (Å²) < 4.78 is 25.0. The molecule has 0 atom stereocenters. The van der Waals surface area contributed by atoms with Gasteiger partial charge in [-0.15, -0.1) is 0 Å². The number of aromatic nitrogens is 2. The Morgan fingerprint density at radius 2 is 0.729 bits per heavy atom. The number of H-pyrrole nitrogens is 2. The standard InChI is InChI=1S/C77H98N4O4/c1-6-10-14-18-22-26-55-82-64-40-32-60(33-41-64)59(5)68-48-49-71(79-68)76(62-36-44-66(45-37-62)84-57-28-24-20-16-12-8-3)72-52-53-74(81-72)77(63-38-46-67(47-39-63)85-58-29-25-21-17-13-9-4)73-51-50-70(80-73)75(69-31-30-54-78-69)61-34-42-65(43-35-61)83-56-27-23-19-15-11-7-2/h30-53,80-81H,5-29,54-58H2,1-4H3/b75-70-,76-71-,77-73-. The Labute approximate surface area is 510 Å². The molecule has 8 rings (SSSR count). The van der Waals surface area contributed by atoms with E-state index in [4.69, 9.17) is 28.9 Å². The number of hydrogen-bond acceptors (Lipinski definition) is 6. The van der Waals surface area contributed by atoms with Gasteiger partial charge in [0.15, 0.2) is 0 Å². The van der Waals surface area contributed by atoms with Crippen molar-refractivity contribution in [3.05, 3.63) is 202 Å². The van der Waals surface area contributed by atoms with Crippen molar-refractivity contribution in [3.63, 3.8) is 0 Å². The van der Waals surface area contributed by atoms with E-state index in [1.165, 1.54) is 128 Å². The molecule has 6 aromatic rings. The third-order valence-electron chi connectivity index (χ3n) is 16.3. The summed E-state index contributed by atoms with van der Waals surface area (Å²) in [6.07, 6.45) is 38.0. The second-order valence-electron chi connectivity index (χ2n) is 23.1. The number of allylic oxidation sites excluding steroid dienone is 4. The summed E-state index contributed by atoms with van der Waals surface area (Å²) in [5.41, 5.74) is 12.6. The quantitative estimate of drug-likeness (QED) is 0.0375. The minimum atomic E-state index is 0.658. The van der Waals surface area contributed by atoms with E-state index < -0.39 is 0 Å². The normalized spacial score (nSPS) is 14.1. The van der Waals surface area contributed by atoms with Crippen LogP contribution in [0.25, 0.3) is 22.3 Å². The molecule has 2 aliphatic rings. The first kappa shape index (κ1) is 63.7. The van der Waals surface area contributed by atoms with E-state index in [1.807, 2.05) is 0 Å². The summed E-state index contributed by atoms with van der Waals surface area (Å²) in [7, 11) is 0. The summed E-state index contributed by atoms with van der Waals surface area (Å²) >= 11 is 0. The molecule has 8 heteroatoms. The van der Waals surface area contributed by atoms with Crippen LogP contribution in [0.4, 0.5) is 0 Å². The van der Waals surface area contributed by atoms with Gasteiger partial charge in [0, 0.05) is 44.4 Å². The minimum Gasteiger partial charge on any atom is -0.494 e. The van der Waals surface area contributed by atoms with Crippen LogP contribution in [0, 0.1) is 0 Å². The maximum Gasteiger partial charge on any atom is 0.119 e. The summed E-state index contributed by atoms with van der Waals surface area (Å²) in [5, 5.41) is 1.96. The predicted molar refractivity (Wildman–Crippen MR) is 359 cm³/mol. The van der Waals surface area contributed by atoms with Crippen LogP contribution >= 0.6 is 0 Å². The SMILES string of the molecule is C=C(C1=N/C(=C(/c2ccc(OCCCCCCCC)cc2)c2ccc(/C(c3ccc(OCCCCCCCC)cc3)=c3/cc/c(=C(/C4=NCC=C4)c4ccc(OCCCCCCCC)cc4)[nH]3)[nH]2)C=C1)c1ccc(OCCCCCCCC)cc1. The van der Waals surface area contributed by atoms with Crippen molar-refractivity contribution in [2.75, 3.05) is 33.0 Å². The molecule has 2 aliphatic heterocycles. The number of nitrogens with one attached hydrogen (secondary N) is 2. The molecule has 450 valence electrons. The molecule has 2 aromatic heterocycles. The zero-order valence-corrected chi connectivity index (χ0v) is 52.1. The van der Waals surface area contributed by atoms with Gasteiger partial charge >= 0.3 is 0 Å². The highest BCUT2D eigenvalue weighted by Crippen LogP contribution is 2.35. The molecule has 0 fully saturated rings. The zero-order chi connectivity index (χ0) is 59.1. The van der Waals surface area contributed by atoms with Crippen LogP contribution in [0.15, 0.2) is 168 Å². The zero-order valence-electron chi connectivity index (χ0n) is 52.1. The second kappa shape index (κ2) is 35.9. The largest absolute Gasteiger partial charge is 0.494 e. The van der Waals surface area contributed by atoms with Crippen LogP contribution in [-0.2, 0) is 0 Å². The van der Waals surface area contributed by atoms with Crippen molar-refractivity contribution >= 4 is 33.7 Å². The fourth-order valence-electron chi connectivity index (χ4n) is 11.3. The molecule has 8 nitrogen and oxygen atoms in total. The lowest BCUT2D eigenvalue weighted by atomic mass is 10.0. The van der Waals surface area contributed by atoms with E-state index in [0.29, 0.717) is 19.8 Å². The first-order valence-corrected chi connectivity index (χ1v) is 32.9. The van der Waals surface area contributed by atoms with Crippen molar-refractivity contribution < 1.29 is 18.9 Å². The number of ether oxygens (including phenoxy) is 4. The van der Waals surface area contributed by atoms with Crippen molar-refractivity contribution in [1.82, 2.24) is 9.97 Å². The molecule has 0 amide bonds. The van der Waals surface area contributed by atoms with E-state index in [9.17, 15) is 0 Å². The Kier molecular flexibility index (Phi) is 26.9. The van der Waals surface area contributed by atoms with Gasteiger partial charge in [0.1, 0.15) is 23.0 Å². The molecule has 85 heavy (non-hydrogen) atoms. The highest BCUT2D eigenvalue weighted by Gasteiger charge is 2.21. The Hall–Kier alpha value is -7.32.